The lowest BCUT2D eigenvalue weighted by molar-refractivity contribution is -0.180. The number of rotatable bonds is 15. The van der Waals surface area contributed by atoms with Crippen LogP contribution in [0.5, 0.6) is 0 Å². The monoisotopic (exact) mass is 520 g/mol. The first-order chi connectivity index (χ1) is 18.0. The van der Waals surface area contributed by atoms with E-state index in [1.54, 1.807) is 13.2 Å². The van der Waals surface area contributed by atoms with Gasteiger partial charge in [-0.3, -0.25) is 9.59 Å². The number of benzene rings is 1. The number of ether oxygens (including phenoxy) is 1. The van der Waals surface area contributed by atoms with Gasteiger partial charge in [0.2, 0.25) is 5.91 Å². The lowest BCUT2D eigenvalue weighted by Gasteiger charge is -2.25. The Morgan fingerprint density at radius 3 is 2.27 bits per heavy atom. The molecular formula is C28H45FN4O4. The van der Waals surface area contributed by atoms with Crippen molar-refractivity contribution in [2.75, 3.05) is 24.3 Å². The molecule has 208 valence electrons. The van der Waals surface area contributed by atoms with E-state index in [0.29, 0.717) is 36.3 Å². The Morgan fingerprint density at radius 1 is 0.973 bits per heavy atom. The molecule has 1 atom stereocenters. The predicted molar refractivity (Wildman–Crippen MR) is 144 cm³/mol. The first-order valence-electron chi connectivity index (χ1n) is 14.1. The Kier molecular flexibility index (Phi) is 12.4. The molecule has 0 spiro atoms. The summed E-state index contributed by atoms with van der Waals surface area (Å²) in [4.78, 5) is 30.4. The molecule has 4 N–H and O–H groups in total. The molecule has 2 aliphatic rings. The number of methoxy groups -OCH3 is 1. The highest BCUT2D eigenvalue weighted by atomic mass is 19.1. The number of unbranched alkanes of at least 4 members (excludes halogenated alkanes) is 1. The van der Waals surface area contributed by atoms with Gasteiger partial charge in [-0.15, -0.1) is 0 Å². The molecule has 2 fully saturated rings. The van der Waals surface area contributed by atoms with Gasteiger partial charge in [0.15, 0.2) is 6.29 Å². The van der Waals surface area contributed by atoms with Crippen LogP contribution in [0.1, 0.15) is 107 Å². The maximum atomic E-state index is 15.1. The van der Waals surface area contributed by atoms with E-state index >= 15 is 4.39 Å². The maximum absolute atomic E-state index is 15.1. The van der Waals surface area contributed by atoms with Crippen molar-refractivity contribution in [2.45, 2.75) is 115 Å². The van der Waals surface area contributed by atoms with E-state index in [-0.39, 0.29) is 30.3 Å². The first kappa shape index (κ1) is 29.2. The average Bonchev–Trinajstić information content (AvgIpc) is 3.42. The Labute approximate surface area is 220 Å². The van der Waals surface area contributed by atoms with Crippen LogP contribution < -0.4 is 21.4 Å². The summed E-state index contributed by atoms with van der Waals surface area (Å²) in [5.41, 5.74) is 3.83. The molecule has 0 saturated heterocycles. The molecule has 3 rings (SSSR count). The molecule has 2 saturated carbocycles. The topological polar surface area (TPSA) is 101 Å². The fourth-order valence-electron chi connectivity index (χ4n) is 5.07. The van der Waals surface area contributed by atoms with Crippen LogP contribution in [0.3, 0.4) is 0 Å². The van der Waals surface area contributed by atoms with Gasteiger partial charge in [0.25, 0.3) is 5.91 Å². The summed E-state index contributed by atoms with van der Waals surface area (Å²) in [7, 11) is 1.54. The van der Waals surface area contributed by atoms with Crippen molar-refractivity contribution in [3.63, 3.8) is 0 Å². The number of hydrogen-bond acceptors (Lipinski definition) is 6. The van der Waals surface area contributed by atoms with Crippen LogP contribution in [0.25, 0.3) is 0 Å². The predicted octanol–water partition coefficient (Wildman–Crippen LogP) is 5.65. The lowest BCUT2D eigenvalue weighted by atomic mass is 9.95. The summed E-state index contributed by atoms with van der Waals surface area (Å²) >= 11 is 0. The van der Waals surface area contributed by atoms with Gasteiger partial charge in [-0.25, -0.2) is 14.7 Å². The summed E-state index contributed by atoms with van der Waals surface area (Å²) in [6.07, 6.45) is 12.8. The Morgan fingerprint density at radius 2 is 1.62 bits per heavy atom. The fraction of sp³-hybridized carbons (Fsp3) is 0.714. The molecule has 0 bridgehead atoms. The molecule has 2 aliphatic carbocycles. The number of halogens is 1. The third kappa shape index (κ3) is 9.78. The Bertz CT molecular complexity index is 857. The van der Waals surface area contributed by atoms with Gasteiger partial charge in [-0.2, -0.15) is 0 Å². The first-order valence-corrected chi connectivity index (χ1v) is 14.1. The number of carbonyl (C=O) groups excluding carboxylic acids is 2. The lowest BCUT2D eigenvalue weighted by Crippen LogP contribution is -2.32. The van der Waals surface area contributed by atoms with E-state index in [4.69, 9.17) is 9.57 Å². The number of amides is 2. The molecule has 0 aliphatic heterocycles. The van der Waals surface area contributed by atoms with Crippen molar-refractivity contribution in [2.24, 2.45) is 0 Å². The number of hydrogen-bond donors (Lipinski definition) is 4. The number of nitrogens with one attached hydrogen (secondary N) is 4. The third-order valence-electron chi connectivity index (χ3n) is 7.26. The highest BCUT2D eigenvalue weighted by Crippen LogP contribution is 2.31. The van der Waals surface area contributed by atoms with Gasteiger partial charge in [0.05, 0.1) is 11.3 Å². The number of anilines is 2. The standard InChI is InChI=1S/C28H45FN4O4/c1-3-4-16-27(36-2)37-33-26(34)15-10-17-30-28(35)22-18-23(29)25(32-21-11-6-5-7-12-21)19-24(22)31-20-13-8-9-14-20/h18-21,27,31-32H,3-17H2,1-2H3,(H,30,35)(H,33,34). The summed E-state index contributed by atoms with van der Waals surface area (Å²) in [5.74, 6) is -1.04. The van der Waals surface area contributed by atoms with Gasteiger partial charge in [0, 0.05) is 44.3 Å². The highest BCUT2D eigenvalue weighted by Gasteiger charge is 2.22. The maximum Gasteiger partial charge on any atom is 0.253 e. The molecule has 1 aromatic rings. The van der Waals surface area contributed by atoms with Gasteiger partial charge in [-0.05, 0) is 50.7 Å². The van der Waals surface area contributed by atoms with Crippen LogP contribution >= 0.6 is 0 Å². The van der Waals surface area contributed by atoms with Crippen molar-refractivity contribution in [3.05, 3.63) is 23.5 Å². The van der Waals surface area contributed by atoms with E-state index in [0.717, 1.165) is 64.2 Å². The van der Waals surface area contributed by atoms with Crippen molar-refractivity contribution >= 4 is 23.2 Å². The van der Waals surface area contributed by atoms with Gasteiger partial charge < -0.3 is 20.7 Å². The number of hydroxylamine groups is 1. The quantitative estimate of drug-likeness (QED) is 0.136. The third-order valence-corrected chi connectivity index (χ3v) is 7.26. The van der Waals surface area contributed by atoms with E-state index in [1.165, 1.54) is 12.5 Å². The molecule has 1 unspecified atom stereocenters. The normalized spacial score (nSPS) is 17.4. The molecule has 8 nitrogen and oxygen atoms in total. The van der Waals surface area contributed by atoms with Crippen molar-refractivity contribution in [1.29, 1.82) is 0 Å². The average molecular weight is 521 g/mol. The smallest absolute Gasteiger partial charge is 0.253 e. The van der Waals surface area contributed by atoms with Crippen LogP contribution in [-0.2, 0) is 14.4 Å². The van der Waals surface area contributed by atoms with Crippen molar-refractivity contribution in [3.8, 4) is 0 Å². The molecule has 0 radical (unpaired) electrons. The zero-order chi connectivity index (χ0) is 26.5. The molecule has 37 heavy (non-hydrogen) atoms. The molecule has 2 amide bonds. The molecule has 0 heterocycles. The molecule has 1 aromatic carbocycles. The molecule has 0 aromatic heterocycles. The minimum Gasteiger partial charge on any atom is -0.382 e. The Balaban J connectivity index is 1.53. The minimum atomic E-state index is -0.472. The minimum absolute atomic E-state index is 0.191. The van der Waals surface area contributed by atoms with Crippen LogP contribution in [-0.4, -0.2) is 43.8 Å². The second kappa shape index (κ2) is 15.8. The molecule has 9 heteroatoms. The van der Waals surface area contributed by atoms with Gasteiger partial charge in [-0.1, -0.05) is 45.4 Å². The second-order valence-corrected chi connectivity index (χ2v) is 10.3. The highest BCUT2D eigenvalue weighted by molar-refractivity contribution is 6.00. The fourth-order valence-corrected chi connectivity index (χ4v) is 5.07. The van der Waals surface area contributed by atoms with Crippen LogP contribution in [0.15, 0.2) is 12.1 Å². The van der Waals surface area contributed by atoms with Crippen LogP contribution in [0.4, 0.5) is 15.8 Å². The van der Waals surface area contributed by atoms with Gasteiger partial charge in [0.1, 0.15) is 5.82 Å². The van der Waals surface area contributed by atoms with E-state index in [9.17, 15) is 9.59 Å². The van der Waals surface area contributed by atoms with Crippen LogP contribution in [0.2, 0.25) is 0 Å². The summed E-state index contributed by atoms with van der Waals surface area (Å²) in [6.45, 7) is 2.37. The summed E-state index contributed by atoms with van der Waals surface area (Å²) in [6, 6.07) is 3.64. The van der Waals surface area contributed by atoms with Gasteiger partial charge >= 0.3 is 0 Å². The SMILES string of the molecule is CCCCC(OC)ONC(=O)CCCNC(=O)c1cc(F)c(NC2CCCCC2)cc1NC1CCCC1. The van der Waals surface area contributed by atoms with Crippen LogP contribution in [0, 0.1) is 5.82 Å². The zero-order valence-electron chi connectivity index (χ0n) is 22.5. The number of carbonyl (C=O) groups is 2. The van der Waals surface area contributed by atoms with Crippen molar-refractivity contribution < 1.29 is 23.6 Å². The van der Waals surface area contributed by atoms with Crippen molar-refractivity contribution in [1.82, 2.24) is 10.8 Å². The van der Waals surface area contributed by atoms with E-state index in [1.807, 2.05) is 0 Å². The zero-order valence-corrected chi connectivity index (χ0v) is 22.5. The molecular weight excluding hydrogens is 475 g/mol. The summed E-state index contributed by atoms with van der Waals surface area (Å²) < 4.78 is 20.3. The Hall–Kier alpha value is -2.39. The van der Waals surface area contributed by atoms with E-state index < -0.39 is 12.1 Å². The largest absolute Gasteiger partial charge is 0.382 e. The second-order valence-electron chi connectivity index (χ2n) is 10.3. The summed E-state index contributed by atoms with van der Waals surface area (Å²) in [5, 5.41) is 9.70. The van der Waals surface area contributed by atoms with E-state index in [2.05, 4.69) is 28.4 Å².